The van der Waals surface area contributed by atoms with Crippen LogP contribution in [-0.2, 0) is 6.61 Å². The van der Waals surface area contributed by atoms with Crippen LogP contribution in [0.15, 0.2) is 48.5 Å². The lowest BCUT2D eigenvalue weighted by Gasteiger charge is -2.13. The molecule has 0 radical (unpaired) electrons. The number of rotatable bonds is 6. The Hall–Kier alpha value is -2.34. The summed E-state index contributed by atoms with van der Waals surface area (Å²) in [7, 11) is 4.13. The highest BCUT2D eigenvalue weighted by molar-refractivity contribution is 7.16. The number of aliphatic hydroxyl groups is 1. The van der Waals surface area contributed by atoms with Gasteiger partial charge in [-0.1, -0.05) is 18.2 Å². The van der Waals surface area contributed by atoms with Crippen molar-refractivity contribution < 1.29 is 14.6 Å². The molecule has 5 heteroatoms. The van der Waals surface area contributed by atoms with E-state index < -0.39 is 0 Å². The van der Waals surface area contributed by atoms with Gasteiger partial charge in [0, 0.05) is 33.0 Å². The summed E-state index contributed by atoms with van der Waals surface area (Å²) in [5.41, 5.74) is 3.16. The van der Waals surface area contributed by atoms with Crippen LogP contribution in [0.1, 0.15) is 11.3 Å². The Morgan fingerprint density at radius 1 is 1.00 bits per heavy atom. The number of fused-ring (bicyclic) bond motifs is 5. The molecule has 4 nitrogen and oxygen atoms in total. The third-order valence-corrected chi connectivity index (χ3v) is 5.70. The van der Waals surface area contributed by atoms with Crippen LogP contribution in [0.2, 0.25) is 0 Å². The van der Waals surface area contributed by atoms with Crippen LogP contribution in [0.25, 0.3) is 21.6 Å². The highest BCUT2D eigenvalue weighted by Gasteiger charge is 2.23. The third-order valence-electron chi connectivity index (χ3n) is 4.55. The van der Waals surface area contributed by atoms with Gasteiger partial charge in [0.15, 0.2) is 0 Å². The molecule has 2 aromatic carbocycles. The Bertz CT molecular complexity index is 948. The van der Waals surface area contributed by atoms with Gasteiger partial charge in [-0.15, -0.1) is 11.3 Å². The van der Waals surface area contributed by atoms with E-state index in [1.54, 1.807) is 11.3 Å². The Balaban J connectivity index is 1.71. The number of thiophene rings is 1. The van der Waals surface area contributed by atoms with Gasteiger partial charge in [-0.25, -0.2) is 0 Å². The lowest BCUT2D eigenvalue weighted by molar-refractivity contribution is 0.281. The van der Waals surface area contributed by atoms with Crippen LogP contribution in [0.4, 0.5) is 0 Å². The molecule has 1 aliphatic rings. The van der Waals surface area contributed by atoms with Gasteiger partial charge in [-0.3, -0.25) is 0 Å². The number of hydrogen-bond acceptors (Lipinski definition) is 5. The fourth-order valence-corrected chi connectivity index (χ4v) is 4.30. The Morgan fingerprint density at radius 3 is 2.63 bits per heavy atom. The van der Waals surface area contributed by atoms with E-state index in [4.69, 9.17) is 9.47 Å². The van der Waals surface area contributed by atoms with E-state index in [1.807, 2.05) is 36.4 Å². The lowest BCUT2D eigenvalue weighted by Crippen LogP contribution is -2.15. The van der Waals surface area contributed by atoms with E-state index in [1.165, 1.54) is 0 Å². The van der Waals surface area contributed by atoms with Gasteiger partial charge in [-0.2, -0.15) is 0 Å². The van der Waals surface area contributed by atoms with Crippen molar-refractivity contribution in [2.75, 3.05) is 27.2 Å². The molecule has 0 saturated heterocycles. The van der Waals surface area contributed by atoms with Crippen molar-refractivity contribution in [2.45, 2.75) is 13.0 Å². The van der Waals surface area contributed by atoms with Gasteiger partial charge in [0.2, 0.25) is 0 Å². The molecule has 1 N–H and O–H groups in total. The van der Waals surface area contributed by atoms with Crippen molar-refractivity contribution >= 4 is 11.3 Å². The maximum Gasteiger partial charge on any atom is 0.136 e. The molecule has 1 aromatic heterocycles. The molecule has 0 unspecified atom stereocenters. The molecule has 1 aliphatic heterocycles. The smallest absolute Gasteiger partial charge is 0.136 e. The summed E-state index contributed by atoms with van der Waals surface area (Å²) in [5.74, 6) is 2.49. The Kier molecular flexibility index (Phi) is 5.16. The Labute approximate surface area is 163 Å². The molecule has 4 rings (SSSR count). The maximum absolute atomic E-state index is 9.65. The molecule has 0 aliphatic carbocycles. The summed E-state index contributed by atoms with van der Waals surface area (Å²) in [4.78, 5) is 4.21. The van der Waals surface area contributed by atoms with E-state index in [0.29, 0.717) is 6.61 Å². The van der Waals surface area contributed by atoms with Gasteiger partial charge < -0.3 is 19.5 Å². The number of benzene rings is 2. The van der Waals surface area contributed by atoms with Gasteiger partial charge in [-0.05, 0) is 50.8 Å². The normalized spacial score (nSPS) is 12.0. The van der Waals surface area contributed by atoms with Gasteiger partial charge in [0.1, 0.15) is 17.2 Å². The van der Waals surface area contributed by atoms with Gasteiger partial charge in [0.25, 0.3) is 0 Å². The van der Waals surface area contributed by atoms with E-state index >= 15 is 0 Å². The van der Waals surface area contributed by atoms with Crippen molar-refractivity contribution in [2.24, 2.45) is 0 Å². The average molecular weight is 381 g/mol. The first-order chi connectivity index (χ1) is 13.2. The molecule has 140 valence electrons. The minimum atomic E-state index is 0.0384. The standard InChI is InChI=1S/C22H23NO3S/c1-23(2)10-5-11-25-15-8-9-21-19(12-15)22-18(13-16(14-24)27-22)17-6-3-4-7-20(17)26-21/h3-4,6-9,12-13,24H,5,10-11,14H2,1-2H3. The largest absolute Gasteiger partial charge is 0.494 e. The van der Waals surface area contributed by atoms with Crippen LogP contribution in [-0.4, -0.2) is 37.3 Å². The third kappa shape index (κ3) is 3.72. The van der Waals surface area contributed by atoms with Crippen molar-refractivity contribution in [1.29, 1.82) is 0 Å². The van der Waals surface area contributed by atoms with Crippen LogP contribution in [0.3, 0.4) is 0 Å². The molecule has 0 bridgehead atoms. The first-order valence-electron chi connectivity index (χ1n) is 9.08. The van der Waals surface area contributed by atoms with E-state index in [9.17, 15) is 5.11 Å². The summed E-state index contributed by atoms with van der Waals surface area (Å²) < 4.78 is 12.2. The van der Waals surface area contributed by atoms with Crippen LogP contribution in [0, 0.1) is 0 Å². The minimum absolute atomic E-state index is 0.0384. The fourth-order valence-electron chi connectivity index (χ4n) is 3.25. The second kappa shape index (κ2) is 7.72. The number of aliphatic hydroxyl groups excluding tert-OH is 1. The predicted molar refractivity (Wildman–Crippen MR) is 110 cm³/mol. The SMILES string of the molecule is CN(C)CCCOc1ccc2c(c1)-c1sc(CO)cc1-c1ccccc1O2. The van der Waals surface area contributed by atoms with E-state index in [0.717, 1.165) is 56.7 Å². The molecule has 3 aromatic rings. The molecule has 2 heterocycles. The second-order valence-corrected chi connectivity index (χ2v) is 8.01. The Morgan fingerprint density at radius 2 is 1.81 bits per heavy atom. The molecule has 0 saturated carbocycles. The van der Waals surface area contributed by atoms with Crippen molar-refractivity contribution in [3.8, 4) is 38.8 Å². The lowest BCUT2D eigenvalue weighted by atomic mass is 10.0. The molecular weight excluding hydrogens is 358 g/mol. The second-order valence-electron chi connectivity index (χ2n) is 6.88. The number of ether oxygens (including phenoxy) is 2. The van der Waals surface area contributed by atoms with Crippen molar-refractivity contribution in [1.82, 2.24) is 4.90 Å². The molecule has 0 amide bonds. The first-order valence-corrected chi connectivity index (χ1v) is 9.90. The number of nitrogens with zero attached hydrogens (tertiary/aromatic N) is 1. The zero-order valence-electron chi connectivity index (χ0n) is 15.6. The summed E-state index contributed by atoms with van der Waals surface area (Å²) in [6.45, 7) is 1.71. The molecular formula is C22H23NO3S. The van der Waals surface area contributed by atoms with Crippen molar-refractivity contribution in [3.63, 3.8) is 0 Å². The summed E-state index contributed by atoms with van der Waals surface area (Å²) in [5, 5.41) is 9.65. The average Bonchev–Trinajstić information content (AvgIpc) is 3.05. The monoisotopic (exact) mass is 381 g/mol. The number of para-hydroxylation sites is 1. The highest BCUT2D eigenvalue weighted by Crippen LogP contribution is 2.50. The maximum atomic E-state index is 9.65. The van der Waals surface area contributed by atoms with Gasteiger partial charge in [0.05, 0.1) is 13.2 Å². The van der Waals surface area contributed by atoms with E-state index in [-0.39, 0.29) is 6.61 Å². The first kappa shape index (κ1) is 18.0. The molecule has 27 heavy (non-hydrogen) atoms. The zero-order chi connectivity index (χ0) is 18.8. The minimum Gasteiger partial charge on any atom is -0.494 e. The zero-order valence-corrected chi connectivity index (χ0v) is 16.4. The van der Waals surface area contributed by atoms with Crippen LogP contribution < -0.4 is 9.47 Å². The molecule has 0 spiro atoms. The topological polar surface area (TPSA) is 41.9 Å². The molecule has 0 atom stereocenters. The highest BCUT2D eigenvalue weighted by atomic mass is 32.1. The fraction of sp³-hybridized carbons (Fsp3) is 0.273. The van der Waals surface area contributed by atoms with E-state index in [2.05, 4.69) is 31.1 Å². The summed E-state index contributed by atoms with van der Waals surface area (Å²) >= 11 is 1.60. The predicted octanol–water partition coefficient (Wildman–Crippen LogP) is 5.01. The quantitative estimate of drug-likeness (QED) is 0.477. The molecule has 0 fully saturated rings. The van der Waals surface area contributed by atoms with Crippen molar-refractivity contribution in [3.05, 3.63) is 53.4 Å². The summed E-state index contributed by atoms with van der Waals surface area (Å²) in [6.07, 6.45) is 0.977. The van der Waals surface area contributed by atoms with Gasteiger partial charge >= 0.3 is 0 Å². The van der Waals surface area contributed by atoms with Crippen LogP contribution in [0.5, 0.6) is 17.2 Å². The summed E-state index contributed by atoms with van der Waals surface area (Å²) in [6, 6.07) is 16.1. The number of hydrogen-bond donors (Lipinski definition) is 1. The van der Waals surface area contributed by atoms with Crippen LogP contribution >= 0.6 is 11.3 Å².